The maximum atomic E-state index is 13.0. The zero-order valence-corrected chi connectivity index (χ0v) is 15.7. The molecule has 2 aromatic rings. The summed E-state index contributed by atoms with van der Waals surface area (Å²) in [7, 11) is 0. The summed E-state index contributed by atoms with van der Waals surface area (Å²) < 4.78 is 44.1. The number of hydrogen-bond acceptors (Lipinski definition) is 3. The van der Waals surface area contributed by atoms with Crippen LogP contribution in [0.25, 0.3) is 0 Å². The Hall–Kier alpha value is -2.48. The molecule has 1 aliphatic rings. The molecule has 0 radical (unpaired) electrons. The van der Waals surface area contributed by atoms with Crippen LogP contribution >= 0.6 is 11.6 Å². The van der Waals surface area contributed by atoms with Gasteiger partial charge in [-0.05, 0) is 42.7 Å². The largest absolute Gasteiger partial charge is 0.467 e. The Morgan fingerprint density at radius 3 is 2.61 bits per heavy atom. The van der Waals surface area contributed by atoms with Crippen LogP contribution in [-0.2, 0) is 22.3 Å². The predicted octanol–water partition coefficient (Wildman–Crippen LogP) is 4.58. The van der Waals surface area contributed by atoms with E-state index in [2.05, 4.69) is 5.32 Å². The molecule has 2 unspecified atom stereocenters. The van der Waals surface area contributed by atoms with Gasteiger partial charge < -0.3 is 14.6 Å². The molecule has 0 aliphatic heterocycles. The number of furan rings is 1. The Labute approximate surface area is 164 Å². The van der Waals surface area contributed by atoms with Gasteiger partial charge in [0.2, 0.25) is 11.8 Å². The molecule has 150 valence electrons. The van der Waals surface area contributed by atoms with E-state index in [0.717, 1.165) is 18.6 Å². The Morgan fingerprint density at radius 2 is 2.04 bits per heavy atom. The van der Waals surface area contributed by atoms with Crippen LogP contribution in [-0.4, -0.2) is 23.3 Å². The fraction of sp³-hybridized carbons (Fsp3) is 0.368. The van der Waals surface area contributed by atoms with Crippen molar-refractivity contribution >= 4 is 29.1 Å². The van der Waals surface area contributed by atoms with Gasteiger partial charge in [-0.3, -0.25) is 9.59 Å². The van der Waals surface area contributed by atoms with Gasteiger partial charge in [-0.1, -0.05) is 18.5 Å². The van der Waals surface area contributed by atoms with E-state index in [1.807, 2.05) is 6.92 Å². The number of halogens is 4. The summed E-state index contributed by atoms with van der Waals surface area (Å²) in [4.78, 5) is 26.3. The van der Waals surface area contributed by atoms with Crippen LogP contribution in [0.4, 0.5) is 18.9 Å². The number of carbonyl (C=O) groups excluding carboxylic acids is 2. The van der Waals surface area contributed by atoms with Gasteiger partial charge in [-0.25, -0.2) is 0 Å². The molecule has 2 amide bonds. The van der Waals surface area contributed by atoms with E-state index in [9.17, 15) is 22.8 Å². The standard InChI is InChI=1S/C19H18ClF3N2O3/c1-11-7-14(11)18(27)25(9-13-3-2-6-28-13)10-17(26)24-12-4-5-16(20)15(8-12)19(21,22)23/h2-6,8,11,14H,7,9-10H2,1H3,(H,24,26). The fourth-order valence-corrected chi connectivity index (χ4v) is 3.12. The molecular formula is C19H18ClF3N2O3. The Morgan fingerprint density at radius 1 is 1.32 bits per heavy atom. The van der Waals surface area contributed by atoms with E-state index in [4.69, 9.17) is 16.0 Å². The minimum atomic E-state index is -4.64. The highest BCUT2D eigenvalue weighted by Gasteiger charge is 2.42. The van der Waals surface area contributed by atoms with Gasteiger partial charge in [0.05, 0.1) is 23.4 Å². The topological polar surface area (TPSA) is 62.6 Å². The quantitative estimate of drug-likeness (QED) is 0.752. The molecule has 1 aliphatic carbocycles. The highest BCUT2D eigenvalue weighted by molar-refractivity contribution is 6.31. The maximum absolute atomic E-state index is 13.0. The molecule has 1 N–H and O–H groups in total. The number of amides is 2. The van der Waals surface area contributed by atoms with Crippen LogP contribution in [0.5, 0.6) is 0 Å². The van der Waals surface area contributed by atoms with Crippen LogP contribution in [0.15, 0.2) is 41.0 Å². The number of benzene rings is 1. The van der Waals surface area contributed by atoms with Crippen LogP contribution in [0, 0.1) is 11.8 Å². The highest BCUT2D eigenvalue weighted by atomic mass is 35.5. The summed E-state index contributed by atoms with van der Waals surface area (Å²) in [5.41, 5.74) is -1.09. The molecule has 1 saturated carbocycles. The number of carbonyl (C=O) groups is 2. The first-order valence-corrected chi connectivity index (χ1v) is 9.00. The van der Waals surface area contributed by atoms with E-state index in [1.165, 1.54) is 17.2 Å². The molecule has 1 aromatic heterocycles. The summed E-state index contributed by atoms with van der Waals surface area (Å²) in [5, 5.41) is 1.94. The van der Waals surface area contributed by atoms with E-state index in [1.54, 1.807) is 12.1 Å². The Bertz CT molecular complexity index is 868. The average Bonchev–Trinajstić information content (AvgIpc) is 3.11. The third-order valence-corrected chi connectivity index (χ3v) is 4.88. The smallest absolute Gasteiger partial charge is 0.417 e. The van der Waals surface area contributed by atoms with Crippen LogP contribution < -0.4 is 5.32 Å². The number of rotatable bonds is 6. The van der Waals surface area contributed by atoms with Crippen molar-refractivity contribution in [3.63, 3.8) is 0 Å². The lowest BCUT2D eigenvalue weighted by molar-refractivity contribution is -0.137. The normalized spacial score (nSPS) is 18.6. The van der Waals surface area contributed by atoms with Crippen molar-refractivity contribution in [2.45, 2.75) is 26.1 Å². The van der Waals surface area contributed by atoms with E-state index in [-0.39, 0.29) is 36.5 Å². The molecule has 28 heavy (non-hydrogen) atoms. The fourth-order valence-electron chi connectivity index (χ4n) is 2.90. The summed E-state index contributed by atoms with van der Waals surface area (Å²) in [5.74, 6) is -0.162. The molecule has 9 heteroatoms. The first-order valence-electron chi connectivity index (χ1n) is 8.63. The number of anilines is 1. The second-order valence-corrected chi connectivity index (χ2v) is 7.24. The van der Waals surface area contributed by atoms with Crippen molar-refractivity contribution in [2.75, 3.05) is 11.9 Å². The second kappa shape index (κ2) is 7.87. The van der Waals surface area contributed by atoms with Crippen molar-refractivity contribution in [3.8, 4) is 0 Å². The number of nitrogens with one attached hydrogen (secondary N) is 1. The van der Waals surface area contributed by atoms with Crippen LogP contribution in [0.1, 0.15) is 24.7 Å². The lowest BCUT2D eigenvalue weighted by Crippen LogP contribution is -2.38. The molecule has 0 saturated heterocycles. The SMILES string of the molecule is CC1CC1C(=O)N(CC(=O)Nc1ccc(Cl)c(C(F)(F)F)c1)Cc1ccco1. The van der Waals surface area contributed by atoms with Gasteiger partial charge in [-0.15, -0.1) is 0 Å². The number of hydrogen-bond donors (Lipinski definition) is 1. The van der Waals surface area contributed by atoms with Gasteiger partial charge in [0.1, 0.15) is 12.3 Å². The third-order valence-electron chi connectivity index (χ3n) is 4.56. The molecule has 1 aromatic carbocycles. The minimum Gasteiger partial charge on any atom is -0.467 e. The van der Waals surface area contributed by atoms with Gasteiger partial charge in [0, 0.05) is 11.6 Å². The monoisotopic (exact) mass is 414 g/mol. The first-order chi connectivity index (χ1) is 13.1. The van der Waals surface area contributed by atoms with Crippen molar-refractivity contribution in [3.05, 3.63) is 52.9 Å². The van der Waals surface area contributed by atoms with Crippen molar-refractivity contribution < 1.29 is 27.2 Å². The average molecular weight is 415 g/mol. The zero-order chi connectivity index (χ0) is 20.5. The van der Waals surface area contributed by atoms with Gasteiger partial charge >= 0.3 is 6.18 Å². The van der Waals surface area contributed by atoms with E-state index < -0.39 is 22.7 Å². The Kier molecular flexibility index (Phi) is 5.69. The van der Waals surface area contributed by atoms with Gasteiger partial charge in [0.25, 0.3) is 0 Å². The van der Waals surface area contributed by atoms with E-state index in [0.29, 0.717) is 5.76 Å². The summed E-state index contributed by atoms with van der Waals surface area (Å²) in [6.07, 6.45) is -2.42. The molecule has 0 spiro atoms. The predicted molar refractivity (Wildman–Crippen MR) is 96.5 cm³/mol. The molecule has 5 nitrogen and oxygen atoms in total. The molecule has 1 fully saturated rings. The molecule has 0 bridgehead atoms. The van der Waals surface area contributed by atoms with Crippen molar-refractivity contribution in [1.29, 1.82) is 0 Å². The minimum absolute atomic E-state index is 0.0492. The maximum Gasteiger partial charge on any atom is 0.417 e. The van der Waals surface area contributed by atoms with Crippen molar-refractivity contribution in [2.24, 2.45) is 11.8 Å². The first kappa shape index (κ1) is 20.3. The highest BCUT2D eigenvalue weighted by Crippen LogP contribution is 2.39. The van der Waals surface area contributed by atoms with E-state index >= 15 is 0 Å². The second-order valence-electron chi connectivity index (χ2n) is 6.83. The summed E-state index contributed by atoms with van der Waals surface area (Å²) in [6, 6.07) is 6.46. The molecule has 3 rings (SSSR count). The zero-order valence-electron chi connectivity index (χ0n) is 14.9. The van der Waals surface area contributed by atoms with Crippen LogP contribution in [0.3, 0.4) is 0 Å². The third kappa shape index (κ3) is 4.86. The molecule has 1 heterocycles. The Balaban J connectivity index is 1.70. The number of alkyl halides is 3. The summed E-state index contributed by atoms with van der Waals surface area (Å²) in [6.45, 7) is 1.75. The number of nitrogens with zero attached hydrogens (tertiary/aromatic N) is 1. The molecular weight excluding hydrogens is 397 g/mol. The van der Waals surface area contributed by atoms with Crippen LogP contribution in [0.2, 0.25) is 5.02 Å². The van der Waals surface area contributed by atoms with Gasteiger partial charge in [0.15, 0.2) is 0 Å². The lowest BCUT2D eigenvalue weighted by Gasteiger charge is -2.21. The lowest BCUT2D eigenvalue weighted by atomic mass is 10.2. The van der Waals surface area contributed by atoms with Gasteiger partial charge in [-0.2, -0.15) is 13.2 Å². The van der Waals surface area contributed by atoms with Crippen molar-refractivity contribution in [1.82, 2.24) is 4.90 Å². The molecule has 2 atom stereocenters. The summed E-state index contributed by atoms with van der Waals surface area (Å²) >= 11 is 5.58.